The zero-order valence-corrected chi connectivity index (χ0v) is 17.6. The third kappa shape index (κ3) is 4.11. The Hall–Kier alpha value is -2.52. The summed E-state index contributed by atoms with van der Waals surface area (Å²) in [6.07, 6.45) is 5.38. The van der Waals surface area contributed by atoms with Crippen LogP contribution in [0.5, 0.6) is 0 Å². The number of nitrogens with one attached hydrogen (secondary N) is 1. The van der Waals surface area contributed by atoms with Crippen molar-refractivity contribution in [3.63, 3.8) is 0 Å². The molecule has 2 aromatic heterocycles. The number of halogens is 1. The maximum absolute atomic E-state index is 12.9. The standard InChI is InChI=1S/C20H21BrN4O4/c1-12-17-15(23-24-19(26)13-9-14(21)11-22-10-13)3-2-4-16(17)29-18(12)20(27)25-5-7-28-8-6-25/h9-11H,2-8H2,1H3,(H,24,26)/b23-15+. The number of fused-ring (bicyclic) bond motifs is 1. The van der Waals surface area contributed by atoms with Crippen LogP contribution in [0.15, 0.2) is 32.5 Å². The number of hydrogen-bond donors (Lipinski definition) is 1. The molecule has 1 N–H and O–H groups in total. The Kier molecular flexibility index (Phi) is 5.77. The van der Waals surface area contributed by atoms with Gasteiger partial charge in [-0.2, -0.15) is 5.10 Å². The van der Waals surface area contributed by atoms with Crippen LogP contribution in [-0.4, -0.2) is 53.7 Å². The molecule has 4 rings (SSSR count). The predicted molar refractivity (Wildman–Crippen MR) is 109 cm³/mol. The van der Waals surface area contributed by atoms with Gasteiger partial charge in [0.1, 0.15) is 5.76 Å². The molecule has 0 atom stereocenters. The molecule has 1 saturated heterocycles. The van der Waals surface area contributed by atoms with E-state index in [4.69, 9.17) is 9.15 Å². The summed E-state index contributed by atoms with van der Waals surface area (Å²) >= 11 is 3.30. The molecule has 1 aliphatic carbocycles. The quantitative estimate of drug-likeness (QED) is 0.710. The van der Waals surface area contributed by atoms with Gasteiger partial charge in [-0.25, -0.2) is 5.43 Å². The fourth-order valence-electron chi connectivity index (χ4n) is 3.61. The lowest BCUT2D eigenvalue weighted by Crippen LogP contribution is -2.40. The highest BCUT2D eigenvalue weighted by Gasteiger charge is 2.30. The monoisotopic (exact) mass is 460 g/mol. The zero-order chi connectivity index (χ0) is 20.4. The predicted octanol–water partition coefficient (Wildman–Crippen LogP) is 2.69. The van der Waals surface area contributed by atoms with E-state index in [0.29, 0.717) is 44.0 Å². The first-order chi connectivity index (χ1) is 14.0. The Morgan fingerprint density at radius 1 is 1.24 bits per heavy atom. The lowest BCUT2D eigenvalue weighted by molar-refractivity contribution is 0.0281. The van der Waals surface area contributed by atoms with Crippen LogP contribution in [0.4, 0.5) is 0 Å². The Balaban J connectivity index is 1.57. The second-order valence-electron chi connectivity index (χ2n) is 7.00. The van der Waals surface area contributed by atoms with Crippen molar-refractivity contribution >= 4 is 33.5 Å². The number of ether oxygens (including phenoxy) is 1. The molecule has 1 fully saturated rings. The first-order valence-corrected chi connectivity index (χ1v) is 10.3. The van der Waals surface area contributed by atoms with Gasteiger partial charge in [0.2, 0.25) is 0 Å². The van der Waals surface area contributed by atoms with Gasteiger partial charge < -0.3 is 14.1 Å². The Labute approximate surface area is 176 Å². The molecule has 0 radical (unpaired) electrons. The van der Waals surface area contributed by atoms with E-state index in [-0.39, 0.29) is 11.8 Å². The summed E-state index contributed by atoms with van der Waals surface area (Å²) < 4.78 is 12.0. The SMILES string of the molecule is Cc1c(C(=O)N2CCOCC2)oc2c1/C(=N/NC(=O)c1cncc(Br)c1)CCC2. The lowest BCUT2D eigenvalue weighted by atomic mass is 9.93. The highest BCUT2D eigenvalue weighted by molar-refractivity contribution is 9.10. The molecule has 29 heavy (non-hydrogen) atoms. The van der Waals surface area contributed by atoms with Gasteiger partial charge in [-0.1, -0.05) is 0 Å². The largest absolute Gasteiger partial charge is 0.455 e. The summed E-state index contributed by atoms with van der Waals surface area (Å²) in [7, 11) is 0. The van der Waals surface area contributed by atoms with Gasteiger partial charge in [0.25, 0.3) is 11.8 Å². The van der Waals surface area contributed by atoms with Gasteiger partial charge in [0.15, 0.2) is 5.76 Å². The van der Waals surface area contributed by atoms with Crippen LogP contribution in [0.3, 0.4) is 0 Å². The van der Waals surface area contributed by atoms with Crippen LogP contribution >= 0.6 is 15.9 Å². The Morgan fingerprint density at radius 3 is 2.79 bits per heavy atom. The van der Waals surface area contributed by atoms with E-state index in [9.17, 15) is 9.59 Å². The molecular weight excluding hydrogens is 440 g/mol. The van der Waals surface area contributed by atoms with Gasteiger partial charge >= 0.3 is 0 Å². The molecule has 1 aliphatic heterocycles. The maximum atomic E-state index is 12.9. The number of rotatable bonds is 3. The summed E-state index contributed by atoms with van der Waals surface area (Å²) in [5.41, 5.74) is 5.34. The molecule has 0 unspecified atom stereocenters. The summed E-state index contributed by atoms with van der Waals surface area (Å²) in [6.45, 7) is 4.06. The molecule has 2 amide bonds. The fourth-order valence-corrected chi connectivity index (χ4v) is 3.98. The number of amides is 2. The number of aromatic nitrogens is 1. The van der Waals surface area contributed by atoms with Gasteiger partial charge in [-0.3, -0.25) is 14.6 Å². The van der Waals surface area contributed by atoms with Crippen LogP contribution in [0, 0.1) is 6.92 Å². The summed E-state index contributed by atoms with van der Waals surface area (Å²) in [5.74, 6) is 0.643. The van der Waals surface area contributed by atoms with Gasteiger partial charge in [0.05, 0.1) is 24.5 Å². The Bertz CT molecular complexity index is 979. The van der Waals surface area contributed by atoms with Gasteiger partial charge in [-0.15, -0.1) is 0 Å². The van der Waals surface area contributed by atoms with Crippen molar-refractivity contribution in [2.24, 2.45) is 5.10 Å². The van der Waals surface area contributed by atoms with Crippen molar-refractivity contribution in [3.05, 3.63) is 51.1 Å². The van der Waals surface area contributed by atoms with E-state index >= 15 is 0 Å². The number of morpholine rings is 1. The molecule has 152 valence electrons. The number of aryl methyl sites for hydroxylation is 1. The van der Waals surface area contributed by atoms with Crippen LogP contribution < -0.4 is 5.43 Å². The van der Waals surface area contributed by atoms with E-state index in [0.717, 1.165) is 39.9 Å². The molecule has 0 spiro atoms. The number of carbonyl (C=O) groups is 2. The summed E-state index contributed by atoms with van der Waals surface area (Å²) in [4.78, 5) is 31.0. The average molecular weight is 461 g/mol. The molecule has 9 heteroatoms. The van der Waals surface area contributed by atoms with Crippen LogP contribution in [0.2, 0.25) is 0 Å². The number of pyridine rings is 1. The van der Waals surface area contributed by atoms with Gasteiger partial charge in [-0.05, 0) is 41.8 Å². The highest BCUT2D eigenvalue weighted by atomic mass is 79.9. The average Bonchev–Trinajstić information content (AvgIpc) is 3.09. The summed E-state index contributed by atoms with van der Waals surface area (Å²) in [5, 5.41) is 4.35. The second kappa shape index (κ2) is 8.46. The Morgan fingerprint density at radius 2 is 2.03 bits per heavy atom. The molecule has 3 heterocycles. The minimum Gasteiger partial charge on any atom is -0.455 e. The van der Waals surface area contributed by atoms with Gasteiger partial charge in [0, 0.05) is 47.5 Å². The minimum atomic E-state index is -0.343. The molecule has 8 nitrogen and oxygen atoms in total. The molecule has 2 aliphatic rings. The first-order valence-electron chi connectivity index (χ1n) is 9.51. The molecule has 0 saturated carbocycles. The summed E-state index contributed by atoms with van der Waals surface area (Å²) in [6, 6.07) is 1.68. The first kappa shape index (κ1) is 19.8. The third-order valence-corrected chi connectivity index (χ3v) is 5.51. The van der Waals surface area contributed by atoms with E-state index in [2.05, 4.69) is 31.4 Å². The number of hydrazone groups is 1. The van der Waals surface area contributed by atoms with Crippen LogP contribution in [0.1, 0.15) is 50.6 Å². The molecule has 2 aromatic rings. The van der Waals surface area contributed by atoms with Crippen molar-refractivity contribution in [1.29, 1.82) is 0 Å². The topological polar surface area (TPSA) is 97.0 Å². The number of furan rings is 1. The fraction of sp³-hybridized carbons (Fsp3) is 0.400. The van der Waals surface area contributed by atoms with Crippen molar-refractivity contribution in [1.82, 2.24) is 15.3 Å². The van der Waals surface area contributed by atoms with Crippen molar-refractivity contribution in [3.8, 4) is 0 Å². The minimum absolute atomic E-state index is 0.121. The van der Waals surface area contributed by atoms with E-state index < -0.39 is 0 Å². The van der Waals surface area contributed by atoms with Crippen molar-refractivity contribution in [2.45, 2.75) is 26.2 Å². The molecule has 0 aromatic carbocycles. The highest BCUT2D eigenvalue weighted by Crippen LogP contribution is 2.30. The number of hydrogen-bond acceptors (Lipinski definition) is 6. The maximum Gasteiger partial charge on any atom is 0.290 e. The van der Waals surface area contributed by atoms with E-state index in [1.54, 1.807) is 17.2 Å². The zero-order valence-electron chi connectivity index (χ0n) is 16.0. The van der Waals surface area contributed by atoms with E-state index in [1.165, 1.54) is 6.20 Å². The van der Waals surface area contributed by atoms with Crippen LogP contribution in [0.25, 0.3) is 0 Å². The van der Waals surface area contributed by atoms with Crippen molar-refractivity contribution in [2.75, 3.05) is 26.3 Å². The normalized spacial score (nSPS) is 17.9. The molecular formula is C20H21BrN4O4. The molecule has 0 bridgehead atoms. The van der Waals surface area contributed by atoms with Crippen LogP contribution in [-0.2, 0) is 11.2 Å². The smallest absolute Gasteiger partial charge is 0.290 e. The number of carbonyl (C=O) groups excluding carboxylic acids is 2. The number of nitrogens with zero attached hydrogens (tertiary/aromatic N) is 3. The second-order valence-corrected chi connectivity index (χ2v) is 7.92. The third-order valence-electron chi connectivity index (χ3n) is 5.08. The van der Waals surface area contributed by atoms with Crippen molar-refractivity contribution < 1.29 is 18.7 Å². The lowest BCUT2D eigenvalue weighted by Gasteiger charge is -2.26. The van der Waals surface area contributed by atoms with E-state index in [1.807, 2.05) is 6.92 Å².